The Bertz CT molecular complexity index is 909. The Balaban J connectivity index is 1.53. The van der Waals surface area contributed by atoms with Gasteiger partial charge in [0, 0.05) is 52.1 Å². The van der Waals surface area contributed by atoms with E-state index in [1.54, 1.807) is 0 Å². The van der Waals surface area contributed by atoms with Crippen LogP contribution in [0.3, 0.4) is 0 Å². The van der Waals surface area contributed by atoms with E-state index in [2.05, 4.69) is 32.1 Å². The summed E-state index contributed by atoms with van der Waals surface area (Å²) in [5, 5.41) is 19.8. The molecule has 1 aromatic heterocycles. The topological polar surface area (TPSA) is 110 Å². The highest BCUT2D eigenvalue weighted by Crippen LogP contribution is 2.42. The van der Waals surface area contributed by atoms with Crippen molar-refractivity contribution in [3.63, 3.8) is 0 Å². The van der Waals surface area contributed by atoms with Crippen LogP contribution in [0, 0.1) is 10.1 Å². The smallest absolute Gasteiger partial charge is 0.323 e. The molecule has 1 spiro atoms. The molecule has 0 atom stereocenters. The third kappa shape index (κ3) is 3.18. The van der Waals surface area contributed by atoms with E-state index in [1.165, 1.54) is 0 Å². The maximum atomic E-state index is 11.9. The zero-order valence-corrected chi connectivity index (χ0v) is 16.4. The van der Waals surface area contributed by atoms with Crippen LogP contribution in [0.25, 0.3) is 11.0 Å². The number of nitrogens with zero attached hydrogens (tertiary/aromatic N) is 6. The molecule has 3 fully saturated rings. The fourth-order valence-electron chi connectivity index (χ4n) is 4.48. The quantitative estimate of drug-likeness (QED) is 0.547. The van der Waals surface area contributed by atoms with Crippen LogP contribution in [0.15, 0.2) is 10.7 Å². The molecule has 3 saturated heterocycles. The summed E-state index contributed by atoms with van der Waals surface area (Å²) in [6.07, 6.45) is 1.47. The van der Waals surface area contributed by atoms with Crippen molar-refractivity contribution in [1.82, 2.24) is 15.2 Å². The molecule has 5 rings (SSSR count). The molecule has 11 nitrogen and oxygen atoms in total. The Morgan fingerprint density at radius 1 is 0.966 bits per heavy atom. The van der Waals surface area contributed by atoms with Gasteiger partial charge in [-0.2, -0.15) is 0 Å². The number of fused-ring (bicyclic) bond motifs is 1. The molecule has 0 bridgehead atoms. The second-order valence-electron chi connectivity index (χ2n) is 7.87. The highest BCUT2D eigenvalue weighted by atomic mass is 16.7. The molecule has 3 aliphatic rings. The number of piperazine rings is 1. The van der Waals surface area contributed by atoms with Crippen molar-refractivity contribution in [2.24, 2.45) is 0 Å². The van der Waals surface area contributed by atoms with Gasteiger partial charge in [0.15, 0.2) is 11.3 Å². The number of anilines is 2. The van der Waals surface area contributed by atoms with Crippen molar-refractivity contribution >= 4 is 28.1 Å². The maximum Gasteiger partial charge on any atom is 0.323 e. The molecule has 156 valence electrons. The minimum atomic E-state index is -0.487. The predicted molar refractivity (Wildman–Crippen MR) is 104 cm³/mol. The Morgan fingerprint density at radius 3 is 2.24 bits per heavy atom. The molecular formula is C18H24N6O5. The molecule has 29 heavy (non-hydrogen) atoms. The number of ether oxygens (including phenoxy) is 2. The van der Waals surface area contributed by atoms with Gasteiger partial charge in [0.2, 0.25) is 5.52 Å². The zero-order valence-electron chi connectivity index (χ0n) is 16.4. The van der Waals surface area contributed by atoms with Gasteiger partial charge >= 0.3 is 5.69 Å². The largest absolute Gasteiger partial charge is 0.369 e. The molecule has 3 aliphatic heterocycles. The molecule has 4 heterocycles. The van der Waals surface area contributed by atoms with Crippen molar-refractivity contribution in [3.8, 4) is 0 Å². The van der Waals surface area contributed by atoms with E-state index in [0.717, 1.165) is 44.7 Å². The second kappa shape index (κ2) is 7.08. The SMILES string of the molecule is CN1CCN(c2cc(N3CCC4(CC3)OCCO4)c3nonc3c2[N+](=O)[O-])CC1. The first-order valence-corrected chi connectivity index (χ1v) is 9.96. The summed E-state index contributed by atoms with van der Waals surface area (Å²) in [4.78, 5) is 18.0. The number of nitro benzene ring substituents is 1. The summed E-state index contributed by atoms with van der Waals surface area (Å²) in [7, 11) is 2.05. The Kier molecular flexibility index (Phi) is 4.52. The number of hydrogen-bond acceptors (Lipinski definition) is 10. The molecule has 0 aliphatic carbocycles. The lowest BCUT2D eigenvalue weighted by Crippen LogP contribution is -2.46. The fraction of sp³-hybridized carbons (Fsp3) is 0.667. The van der Waals surface area contributed by atoms with Crippen LogP contribution < -0.4 is 9.80 Å². The standard InChI is InChI=1S/C18H24N6O5/c1-21-6-8-23(9-7-21)14-12-13(15-16(20-29-19-15)17(14)24(25)26)22-4-2-18(3-5-22)27-10-11-28-18/h12H,2-11H2,1H3. The molecular weight excluding hydrogens is 380 g/mol. The van der Waals surface area contributed by atoms with Gasteiger partial charge in [-0.3, -0.25) is 10.1 Å². The van der Waals surface area contributed by atoms with Gasteiger partial charge in [-0.15, -0.1) is 0 Å². The zero-order chi connectivity index (χ0) is 20.0. The van der Waals surface area contributed by atoms with Gasteiger partial charge in [0.25, 0.3) is 0 Å². The van der Waals surface area contributed by atoms with Gasteiger partial charge in [0.1, 0.15) is 5.69 Å². The Morgan fingerprint density at radius 2 is 1.59 bits per heavy atom. The Hall–Kier alpha value is -2.50. The predicted octanol–water partition coefficient (Wildman–Crippen LogP) is 1.23. The lowest BCUT2D eigenvalue weighted by molar-refractivity contribution is -0.382. The maximum absolute atomic E-state index is 11.9. The molecule has 1 aromatic carbocycles. The van der Waals surface area contributed by atoms with Gasteiger partial charge in [-0.1, -0.05) is 0 Å². The second-order valence-corrected chi connectivity index (χ2v) is 7.87. The van der Waals surface area contributed by atoms with Crippen LogP contribution in [0.2, 0.25) is 0 Å². The third-order valence-electron chi connectivity index (χ3n) is 6.18. The lowest BCUT2D eigenvalue weighted by atomic mass is 10.0. The van der Waals surface area contributed by atoms with Gasteiger partial charge in [-0.05, 0) is 23.4 Å². The highest BCUT2D eigenvalue weighted by molar-refractivity contribution is 6.00. The van der Waals surface area contributed by atoms with Crippen LogP contribution in [0.1, 0.15) is 12.8 Å². The van der Waals surface area contributed by atoms with E-state index in [4.69, 9.17) is 14.1 Å². The minimum absolute atomic E-state index is 0.0366. The van der Waals surface area contributed by atoms with E-state index in [-0.39, 0.29) is 16.1 Å². The summed E-state index contributed by atoms with van der Waals surface area (Å²) in [5.41, 5.74) is 1.99. The van der Waals surface area contributed by atoms with Crippen molar-refractivity contribution in [2.45, 2.75) is 18.6 Å². The van der Waals surface area contributed by atoms with Crippen molar-refractivity contribution in [1.29, 1.82) is 0 Å². The molecule has 0 N–H and O–H groups in total. The number of nitro groups is 1. The molecule has 0 saturated carbocycles. The lowest BCUT2D eigenvalue weighted by Gasteiger charge is -2.39. The minimum Gasteiger partial charge on any atom is -0.369 e. The van der Waals surface area contributed by atoms with Crippen LogP contribution >= 0.6 is 0 Å². The third-order valence-corrected chi connectivity index (χ3v) is 6.18. The average Bonchev–Trinajstić information content (AvgIpc) is 3.38. The van der Waals surface area contributed by atoms with Gasteiger partial charge in [0.05, 0.1) is 23.8 Å². The van der Waals surface area contributed by atoms with Crippen LogP contribution in [-0.4, -0.2) is 85.5 Å². The fourth-order valence-corrected chi connectivity index (χ4v) is 4.48. The summed E-state index contributed by atoms with van der Waals surface area (Å²) in [6, 6.07) is 1.88. The number of benzene rings is 1. The van der Waals surface area contributed by atoms with Crippen LogP contribution in [-0.2, 0) is 9.47 Å². The summed E-state index contributed by atoms with van der Waals surface area (Å²) in [5.74, 6) is -0.487. The number of piperidine rings is 1. The number of aromatic nitrogens is 2. The summed E-state index contributed by atoms with van der Waals surface area (Å²) in [6.45, 7) is 5.82. The van der Waals surface area contributed by atoms with E-state index in [1.807, 2.05) is 6.07 Å². The summed E-state index contributed by atoms with van der Waals surface area (Å²) >= 11 is 0. The molecule has 0 unspecified atom stereocenters. The van der Waals surface area contributed by atoms with E-state index in [0.29, 0.717) is 37.5 Å². The van der Waals surface area contributed by atoms with E-state index in [9.17, 15) is 10.1 Å². The number of hydrogen-bond donors (Lipinski definition) is 0. The monoisotopic (exact) mass is 404 g/mol. The van der Waals surface area contributed by atoms with Crippen molar-refractivity contribution < 1.29 is 19.0 Å². The number of rotatable bonds is 3. The molecule has 0 radical (unpaired) electrons. The highest BCUT2D eigenvalue weighted by Gasteiger charge is 2.41. The average molecular weight is 404 g/mol. The molecule has 2 aromatic rings. The van der Waals surface area contributed by atoms with Crippen LogP contribution in [0.4, 0.5) is 17.1 Å². The van der Waals surface area contributed by atoms with E-state index < -0.39 is 5.79 Å². The van der Waals surface area contributed by atoms with Crippen molar-refractivity contribution in [2.75, 3.05) is 69.3 Å². The van der Waals surface area contributed by atoms with E-state index >= 15 is 0 Å². The molecule has 0 amide bonds. The summed E-state index contributed by atoms with van der Waals surface area (Å²) < 4.78 is 16.6. The first-order chi connectivity index (χ1) is 14.1. The van der Waals surface area contributed by atoms with Crippen molar-refractivity contribution in [3.05, 3.63) is 16.2 Å². The first kappa shape index (κ1) is 18.5. The van der Waals surface area contributed by atoms with Gasteiger partial charge < -0.3 is 24.2 Å². The Labute approximate surface area is 167 Å². The molecule has 11 heteroatoms. The van der Waals surface area contributed by atoms with Gasteiger partial charge in [-0.25, -0.2) is 4.63 Å². The first-order valence-electron chi connectivity index (χ1n) is 9.96. The number of likely N-dealkylation sites (N-methyl/N-ethyl adjacent to an activating group) is 1. The normalized spacial score (nSPS) is 22.7. The van der Waals surface area contributed by atoms with Crippen LogP contribution in [0.5, 0.6) is 0 Å².